The van der Waals surface area contributed by atoms with E-state index >= 15 is 4.39 Å². The van der Waals surface area contributed by atoms with Gasteiger partial charge in [0, 0.05) is 20.2 Å². The summed E-state index contributed by atoms with van der Waals surface area (Å²) in [6.07, 6.45) is 4.97. The first kappa shape index (κ1) is 23.5. The van der Waals surface area contributed by atoms with E-state index in [1.807, 2.05) is 11.8 Å². The number of ether oxygens (including phenoxy) is 2. The largest absolute Gasteiger partial charge is 0.477 e. The highest BCUT2D eigenvalue weighted by Crippen LogP contribution is 2.44. The van der Waals surface area contributed by atoms with Crippen molar-refractivity contribution in [2.45, 2.75) is 38.5 Å². The van der Waals surface area contributed by atoms with Gasteiger partial charge in [0.05, 0.1) is 24.0 Å². The molecule has 3 heterocycles. The van der Waals surface area contributed by atoms with E-state index in [9.17, 15) is 14.7 Å². The van der Waals surface area contributed by atoms with Crippen LogP contribution in [-0.4, -0.2) is 49.1 Å². The van der Waals surface area contributed by atoms with E-state index in [2.05, 4.69) is 0 Å². The third-order valence-electron chi connectivity index (χ3n) is 6.08. The van der Waals surface area contributed by atoms with Gasteiger partial charge in [-0.15, -0.1) is 12.4 Å². The zero-order valence-electron chi connectivity index (χ0n) is 17.7. The standard InChI is InChI=1S/C22H27FN2O5.ClH/c1-13-19-16(15-5-6-15)8-17(22(27)28)21(26)25(19)10-18(23)20(13)24-7-3-4-14(9-24)11-30-12-29-2;/h8,10,14-15H,3-7,9,11-12H2,1-2H3,(H,27,28);1H. The second kappa shape index (κ2) is 9.54. The van der Waals surface area contributed by atoms with Gasteiger partial charge >= 0.3 is 5.97 Å². The summed E-state index contributed by atoms with van der Waals surface area (Å²) in [7, 11) is 1.58. The van der Waals surface area contributed by atoms with Crippen LogP contribution < -0.4 is 10.5 Å². The number of carboxylic acids is 1. The van der Waals surface area contributed by atoms with Crippen LogP contribution in [0.25, 0.3) is 5.52 Å². The number of carbonyl (C=O) groups is 1. The molecule has 0 bridgehead atoms. The van der Waals surface area contributed by atoms with Gasteiger partial charge in [-0.05, 0) is 61.6 Å². The van der Waals surface area contributed by atoms with Crippen LogP contribution in [-0.2, 0) is 9.47 Å². The maximum absolute atomic E-state index is 15.3. The molecule has 0 amide bonds. The molecular formula is C22H28ClFN2O5. The van der Waals surface area contributed by atoms with Gasteiger partial charge in [0.25, 0.3) is 5.56 Å². The van der Waals surface area contributed by atoms with Crippen molar-refractivity contribution in [2.24, 2.45) is 5.92 Å². The third kappa shape index (κ3) is 4.56. The summed E-state index contributed by atoms with van der Waals surface area (Å²) in [5.41, 5.74) is 1.64. The zero-order valence-corrected chi connectivity index (χ0v) is 18.5. The minimum Gasteiger partial charge on any atom is -0.477 e. The maximum Gasteiger partial charge on any atom is 0.341 e. The molecule has 1 N–H and O–H groups in total. The van der Waals surface area contributed by atoms with Crippen molar-refractivity contribution in [3.8, 4) is 0 Å². The van der Waals surface area contributed by atoms with Crippen LogP contribution >= 0.6 is 12.4 Å². The second-order valence-corrected chi connectivity index (χ2v) is 8.30. The van der Waals surface area contributed by atoms with E-state index in [1.165, 1.54) is 10.5 Å². The summed E-state index contributed by atoms with van der Waals surface area (Å²) in [6, 6.07) is 1.49. The van der Waals surface area contributed by atoms with Crippen molar-refractivity contribution < 1.29 is 23.8 Å². The van der Waals surface area contributed by atoms with E-state index in [1.54, 1.807) is 7.11 Å². The van der Waals surface area contributed by atoms with Gasteiger partial charge in [-0.25, -0.2) is 9.18 Å². The SMILES string of the molecule is COCOCC1CCCN(c2c(F)cn3c(=O)c(C(=O)O)cc(C4CC4)c3c2C)C1.Cl. The number of piperidine rings is 1. The molecule has 2 aromatic heterocycles. The Hall–Kier alpha value is -2.16. The topological polar surface area (TPSA) is 80.5 Å². The highest BCUT2D eigenvalue weighted by atomic mass is 35.5. The van der Waals surface area contributed by atoms with Crippen LogP contribution in [0, 0.1) is 18.7 Å². The molecule has 1 aliphatic carbocycles. The second-order valence-electron chi connectivity index (χ2n) is 8.30. The normalized spacial score (nSPS) is 18.8. The third-order valence-corrected chi connectivity index (χ3v) is 6.08. The van der Waals surface area contributed by atoms with Gasteiger partial charge in [0.1, 0.15) is 12.4 Å². The molecule has 31 heavy (non-hydrogen) atoms. The molecule has 1 saturated heterocycles. The van der Waals surface area contributed by atoms with Crippen molar-refractivity contribution in [1.29, 1.82) is 0 Å². The zero-order chi connectivity index (χ0) is 21.4. The Labute approximate surface area is 186 Å². The van der Waals surface area contributed by atoms with E-state index in [-0.39, 0.29) is 36.6 Å². The van der Waals surface area contributed by atoms with Crippen molar-refractivity contribution in [2.75, 3.05) is 38.5 Å². The molecule has 7 nitrogen and oxygen atoms in total. The number of hydrogen-bond acceptors (Lipinski definition) is 5. The number of hydrogen-bond donors (Lipinski definition) is 1. The maximum atomic E-state index is 15.3. The fourth-order valence-electron chi connectivity index (χ4n) is 4.59. The molecule has 2 fully saturated rings. The molecule has 0 radical (unpaired) electrons. The predicted molar refractivity (Wildman–Crippen MR) is 117 cm³/mol. The number of fused-ring (bicyclic) bond motifs is 1. The number of methoxy groups -OCH3 is 1. The Kier molecular flexibility index (Phi) is 7.24. The van der Waals surface area contributed by atoms with Gasteiger partial charge in [0.15, 0.2) is 5.82 Å². The molecule has 1 saturated carbocycles. The number of pyridine rings is 2. The summed E-state index contributed by atoms with van der Waals surface area (Å²) in [4.78, 5) is 26.3. The molecule has 1 atom stereocenters. The quantitative estimate of drug-likeness (QED) is 0.508. The lowest BCUT2D eigenvalue weighted by Gasteiger charge is -2.35. The lowest BCUT2D eigenvalue weighted by atomic mass is 9.96. The van der Waals surface area contributed by atoms with E-state index in [4.69, 9.17) is 9.47 Å². The number of carboxylic acid groups (broad SMARTS) is 1. The molecule has 170 valence electrons. The molecule has 9 heteroatoms. The van der Waals surface area contributed by atoms with Crippen molar-refractivity contribution in [1.82, 2.24) is 4.40 Å². The Bertz CT molecular complexity index is 1040. The van der Waals surface area contributed by atoms with Crippen molar-refractivity contribution in [3.63, 3.8) is 0 Å². The molecule has 0 spiro atoms. The first-order chi connectivity index (χ1) is 14.4. The highest BCUT2D eigenvalue weighted by Gasteiger charge is 2.31. The fraction of sp³-hybridized carbons (Fsp3) is 0.545. The monoisotopic (exact) mass is 454 g/mol. The fourth-order valence-corrected chi connectivity index (χ4v) is 4.59. The van der Waals surface area contributed by atoms with Crippen LogP contribution in [0.3, 0.4) is 0 Å². The lowest BCUT2D eigenvalue weighted by Crippen LogP contribution is -2.38. The van der Waals surface area contributed by atoms with Crippen LogP contribution in [0.2, 0.25) is 0 Å². The average Bonchev–Trinajstić information content (AvgIpc) is 3.54. The number of nitrogens with zero attached hydrogens (tertiary/aromatic N) is 2. The number of aryl methyl sites for hydroxylation is 1. The minimum atomic E-state index is -1.28. The van der Waals surface area contributed by atoms with Crippen LogP contribution in [0.4, 0.5) is 10.1 Å². The van der Waals surface area contributed by atoms with Gasteiger partial charge in [0.2, 0.25) is 0 Å². The Morgan fingerprint density at radius 3 is 2.71 bits per heavy atom. The van der Waals surface area contributed by atoms with Crippen LogP contribution in [0.5, 0.6) is 0 Å². The van der Waals surface area contributed by atoms with Gasteiger partial charge in [-0.1, -0.05) is 0 Å². The first-order valence-corrected chi connectivity index (χ1v) is 10.4. The van der Waals surface area contributed by atoms with E-state index in [0.717, 1.165) is 44.0 Å². The highest BCUT2D eigenvalue weighted by molar-refractivity contribution is 5.89. The molecule has 4 rings (SSSR count). The van der Waals surface area contributed by atoms with Gasteiger partial charge in [-0.2, -0.15) is 0 Å². The summed E-state index contributed by atoms with van der Waals surface area (Å²) in [5, 5.41) is 9.43. The lowest BCUT2D eigenvalue weighted by molar-refractivity contribution is -0.0445. The average molecular weight is 455 g/mol. The summed E-state index contributed by atoms with van der Waals surface area (Å²) >= 11 is 0. The Morgan fingerprint density at radius 2 is 2.06 bits per heavy atom. The molecule has 2 aliphatic rings. The number of aromatic nitrogens is 1. The molecule has 0 aromatic carbocycles. The van der Waals surface area contributed by atoms with Gasteiger partial charge < -0.3 is 19.5 Å². The number of rotatable bonds is 7. The minimum absolute atomic E-state index is 0. The van der Waals surface area contributed by atoms with Gasteiger partial charge in [-0.3, -0.25) is 9.20 Å². The van der Waals surface area contributed by atoms with E-state index < -0.39 is 17.3 Å². The number of aromatic carboxylic acids is 1. The molecule has 1 unspecified atom stereocenters. The smallest absolute Gasteiger partial charge is 0.341 e. The predicted octanol–water partition coefficient (Wildman–Crippen LogP) is 3.58. The molecule has 2 aromatic rings. The van der Waals surface area contributed by atoms with Crippen LogP contribution in [0.15, 0.2) is 17.1 Å². The molecule has 1 aliphatic heterocycles. The van der Waals surface area contributed by atoms with Crippen LogP contribution in [0.1, 0.15) is 53.1 Å². The van der Waals surface area contributed by atoms with Crippen molar-refractivity contribution in [3.05, 3.63) is 45.1 Å². The Morgan fingerprint density at radius 1 is 1.32 bits per heavy atom. The first-order valence-electron chi connectivity index (χ1n) is 10.4. The summed E-state index contributed by atoms with van der Waals surface area (Å²) in [6.45, 7) is 4.00. The molecular weight excluding hydrogens is 427 g/mol. The number of halogens is 2. The number of anilines is 1. The Balaban J connectivity index is 0.00000272. The van der Waals surface area contributed by atoms with E-state index in [0.29, 0.717) is 29.9 Å². The summed E-state index contributed by atoms with van der Waals surface area (Å²) < 4.78 is 26.9. The van der Waals surface area contributed by atoms with Crippen molar-refractivity contribution >= 4 is 29.6 Å². The summed E-state index contributed by atoms with van der Waals surface area (Å²) in [5.74, 6) is -1.31.